The summed E-state index contributed by atoms with van der Waals surface area (Å²) in [5, 5.41) is 0. The molecular formula is C8H13N. The minimum atomic E-state index is 0.897. The average Bonchev–Trinajstić information content (AvgIpc) is 2.66. The Bertz CT molecular complexity index is 151. The van der Waals surface area contributed by atoms with Crippen LogP contribution in [-0.4, -0.2) is 24.0 Å². The molecule has 1 nitrogen and oxygen atoms in total. The van der Waals surface area contributed by atoms with E-state index >= 15 is 0 Å². The summed E-state index contributed by atoms with van der Waals surface area (Å²) in [5.74, 6) is 1.10. The highest BCUT2D eigenvalue weighted by molar-refractivity contribution is 5.30. The lowest BCUT2D eigenvalue weighted by Crippen LogP contribution is -2.28. The molecule has 0 amide bonds. The van der Waals surface area contributed by atoms with Gasteiger partial charge in [-0.3, -0.25) is 4.90 Å². The Morgan fingerprint density at radius 3 is 2.56 bits per heavy atom. The third-order valence-corrected chi connectivity index (χ3v) is 3.97. The normalized spacial score (nSPS) is 69.3. The highest BCUT2D eigenvalue weighted by Crippen LogP contribution is 2.78. The number of likely N-dealkylation sites (tertiary alicyclic amines) is 1. The predicted molar refractivity (Wildman–Crippen MR) is 36.2 cm³/mol. The van der Waals surface area contributed by atoms with Gasteiger partial charge in [-0.2, -0.15) is 0 Å². The van der Waals surface area contributed by atoms with Gasteiger partial charge in [-0.25, -0.2) is 0 Å². The van der Waals surface area contributed by atoms with Crippen molar-refractivity contribution in [2.45, 2.75) is 31.8 Å². The fraction of sp³-hybridized carbons (Fsp3) is 1.00. The Balaban J connectivity index is 2.00. The van der Waals surface area contributed by atoms with Crippen LogP contribution in [0.25, 0.3) is 0 Å². The molecule has 0 aromatic carbocycles. The van der Waals surface area contributed by atoms with Crippen molar-refractivity contribution in [2.75, 3.05) is 7.05 Å². The summed E-state index contributed by atoms with van der Waals surface area (Å²) < 4.78 is 0. The fourth-order valence-electron chi connectivity index (χ4n) is 3.04. The lowest BCUT2D eigenvalue weighted by Gasteiger charge is -2.19. The maximum Gasteiger partial charge on any atom is 0.0161 e. The number of hydrogen-bond acceptors (Lipinski definition) is 1. The van der Waals surface area contributed by atoms with E-state index in [1.54, 1.807) is 6.42 Å². The second-order valence-corrected chi connectivity index (χ2v) is 4.17. The van der Waals surface area contributed by atoms with E-state index in [1.165, 1.54) is 6.42 Å². The van der Waals surface area contributed by atoms with Gasteiger partial charge >= 0.3 is 0 Å². The summed E-state index contributed by atoms with van der Waals surface area (Å²) in [6, 6.07) is 1.92. The monoisotopic (exact) mass is 123 g/mol. The lowest BCUT2D eigenvalue weighted by atomic mass is 10.2. The van der Waals surface area contributed by atoms with E-state index in [1.807, 2.05) is 0 Å². The molecule has 3 aliphatic rings. The Morgan fingerprint density at radius 2 is 2.22 bits per heavy atom. The molecule has 0 aromatic rings. The first-order valence-corrected chi connectivity index (χ1v) is 3.98. The summed E-state index contributed by atoms with van der Waals surface area (Å²) in [4.78, 5) is 2.58. The Labute approximate surface area is 56.0 Å². The standard InChI is InChI=1S/C8H13N/c1-5-6-3-8(6)4-7(8)9(5)2/h5-7H,3-4H2,1-2H3/t5?,6-,7-,8+/m0/s1. The molecule has 2 saturated carbocycles. The van der Waals surface area contributed by atoms with Crippen LogP contribution in [0.3, 0.4) is 0 Å². The molecular weight excluding hydrogens is 110 g/mol. The van der Waals surface area contributed by atoms with Crippen molar-refractivity contribution in [1.29, 1.82) is 0 Å². The number of piperidine rings is 2. The highest BCUT2D eigenvalue weighted by Gasteiger charge is 2.78. The second-order valence-electron chi connectivity index (χ2n) is 4.17. The molecule has 2 aliphatic carbocycles. The molecule has 1 spiro atoms. The van der Waals surface area contributed by atoms with Crippen LogP contribution >= 0.6 is 0 Å². The zero-order valence-corrected chi connectivity index (χ0v) is 6.09. The molecule has 3 fully saturated rings. The topological polar surface area (TPSA) is 3.24 Å². The van der Waals surface area contributed by atoms with E-state index < -0.39 is 0 Å². The Morgan fingerprint density at radius 1 is 1.44 bits per heavy atom. The zero-order chi connectivity index (χ0) is 6.22. The van der Waals surface area contributed by atoms with Gasteiger partial charge in [0.25, 0.3) is 0 Å². The molecule has 1 heterocycles. The molecule has 1 aliphatic heterocycles. The summed E-state index contributed by atoms with van der Waals surface area (Å²) in [5.41, 5.74) is 0.897. The number of hydrogen-bond donors (Lipinski definition) is 0. The van der Waals surface area contributed by atoms with Crippen molar-refractivity contribution in [3.63, 3.8) is 0 Å². The van der Waals surface area contributed by atoms with Gasteiger partial charge in [0.05, 0.1) is 0 Å². The minimum absolute atomic E-state index is 0.897. The van der Waals surface area contributed by atoms with Crippen LogP contribution in [0, 0.1) is 11.3 Å². The number of rotatable bonds is 0. The van der Waals surface area contributed by atoms with Crippen LogP contribution in [0.5, 0.6) is 0 Å². The van der Waals surface area contributed by atoms with Crippen molar-refractivity contribution in [3.8, 4) is 0 Å². The van der Waals surface area contributed by atoms with Crippen LogP contribution < -0.4 is 0 Å². The maximum absolute atomic E-state index is 2.58. The third-order valence-electron chi connectivity index (χ3n) is 3.97. The molecule has 50 valence electrons. The van der Waals surface area contributed by atoms with Crippen molar-refractivity contribution < 1.29 is 0 Å². The minimum Gasteiger partial charge on any atom is -0.300 e. The molecule has 4 atom stereocenters. The molecule has 9 heavy (non-hydrogen) atoms. The van der Waals surface area contributed by atoms with Gasteiger partial charge in [0.1, 0.15) is 0 Å². The first kappa shape index (κ1) is 4.73. The smallest absolute Gasteiger partial charge is 0.0161 e. The first-order valence-electron chi connectivity index (χ1n) is 3.98. The second kappa shape index (κ2) is 0.968. The van der Waals surface area contributed by atoms with Gasteiger partial charge in [0.2, 0.25) is 0 Å². The zero-order valence-electron chi connectivity index (χ0n) is 6.09. The SMILES string of the molecule is CC1[C@@H]2C[C@@]23C[C@@H]3N1C. The first-order chi connectivity index (χ1) is 4.26. The van der Waals surface area contributed by atoms with Crippen LogP contribution in [-0.2, 0) is 0 Å². The Kier molecular flexibility index (Phi) is 0.508. The largest absolute Gasteiger partial charge is 0.300 e. The van der Waals surface area contributed by atoms with E-state index in [0.29, 0.717) is 0 Å². The molecule has 3 rings (SSSR count). The number of nitrogens with zero attached hydrogens (tertiary/aromatic N) is 1. The van der Waals surface area contributed by atoms with E-state index in [9.17, 15) is 0 Å². The van der Waals surface area contributed by atoms with Gasteiger partial charge < -0.3 is 0 Å². The van der Waals surface area contributed by atoms with Crippen molar-refractivity contribution in [3.05, 3.63) is 0 Å². The van der Waals surface area contributed by atoms with Crippen molar-refractivity contribution in [2.24, 2.45) is 11.3 Å². The molecule has 0 N–H and O–H groups in total. The van der Waals surface area contributed by atoms with Gasteiger partial charge in [0.15, 0.2) is 0 Å². The fourth-order valence-corrected chi connectivity index (χ4v) is 3.04. The third kappa shape index (κ3) is 0.315. The molecule has 1 unspecified atom stereocenters. The van der Waals surface area contributed by atoms with E-state index in [0.717, 1.165) is 23.4 Å². The summed E-state index contributed by atoms with van der Waals surface area (Å²) in [6.07, 6.45) is 3.08. The Hall–Kier alpha value is -0.0400. The van der Waals surface area contributed by atoms with E-state index in [-0.39, 0.29) is 0 Å². The lowest BCUT2D eigenvalue weighted by molar-refractivity contribution is 0.256. The van der Waals surface area contributed by atoms with E-state index in [2.05, 4.69) is 18.9 Å². The summed E-state index contributed by atoms with van der Waals surface area (Å²) >= 11 is 0. The van der Waals surface area contributed by atoms with Crippen LogP contribution in [0.2, 0.25) is 0 Å². The molecule has 0 aromatic heterocycles. The molecule has 0 radical (unpaired) electrons. The molecule has 1 saturated heterocycles. The van der Waals surface area contributed by atoms with Gasteiger partial charge in [0, 0.05) is 12.1 Å². The van der Waals surface area contributed by atoms with Crippen LogP contribution in [0.15, 0.2) is 0 Å². The van der Waals surface area contributed by atoms with Gasteiger partial charge in [-0.05, 0) is 38.1 Å². The van der Waals surface area contributed by atoms with Gasteiger partial charge in [-0.1, -0.05) is 0 Å². The van der Waals surface area contributed by atoms with Crippen LogP contribution in [0.1, 0.15) is 19.8 Å². The van der Waals surface area contributed by atoms with Crippen molar-refractivity contribution in [1.82, 2.24) is 4.90 Å². The van der Waals surface area contributed by atoms with Gasteiger partial charge in [-0.15, -0.1) is 0 Å². The highest BCUT2D eigenvalue weighted by atomic mass is 15.3. The van der Waals surface area contributed by atoms with Crippen LogP contribution in [0.4, 0.5) is 0 Å². The molecule has 0 bridgehead atoms. The predicted octanol–water partition coefficient (Wildman–Crippen LogP) is 1.10. The van der Waals surface area contributed by atoms with E-state index in [4.69, 9.17) is 0 Å². The quantitative estimate of drug-likeness (QED) is 0.466. The van der Waals surface area contributed by atoms with Crippen molar-refractivity contribution >= 4 is 0 Å². The summed E-state index contributed by atoms with van der Waals surface area (Å²) in [6.45, 7) is 2.38. The maximum atomic E-state index is 2.58. The summed E-state index contributed by atoms with van der Waals surface area (Å²) in [7, 11) is 2.29. The average molecular weight is 123 g/mol. The molecule has 1 heteroatoms.